The largest absolute Gasteiger partial charge is 0.478 e. The molecule has 0 aromatic rings. The van der Waals surface area contributed by atoms with E-state index in [4.69, 9.17) is 0 Å². The third-order valence-electron chi connectivity index (χ3n) is 7.03. The minimum Gasteiger partial charge on any atom is -0.478 e. The smallest absolute Gasteiger partial charge is 0.331 e. The summed E-state index contributed by atoms with van der Waals surface area (Å²) in [5.41, 5.74) is -0.276. The monoisotopic (exact) mass is 449 g/mol. The Balaban J connectivity index is 2.22. The fraction of sp³-hybridized carbons (Fsp3) is 0.800. The van der Waals surface area contributed by atoms with Gasteiger partial charge in [-0.25, -0.2) is 4.79 Å². The minimum absolute atomic E-state index is 0.0297. The quantitative estimate of drug-likeness (QED) is 0.554. The van der Waals surface area contributed by atoms with Gasteiger partial charge in [-0.1, -0.05) is 53.5 Å². The van der Waals surface area contributed by atoms with Crippen LogP contribution in [0, 0.1) is 11.3 Å². The van der Waals surface area contributed by atoms with E-state index < -0.39 is 17.4 Å². The summed E-state index contributed by atoms with van der Waals surface area (Å²) in [4.78, 5) is 42.3. The molecule has 1 saturated heterocycles. The first-order valence-corrected chi connectivity index (χ1v) is 12.1. The van der Waals surface area contributed by atoms with Gasteiger partial charge in [-0.15, -0.1) is 0 Å². The van der Waals surface area contributed by atoms with Crippen molar-refractivity contribution < 1.29 is 19.5 Å². The minimum atomic E-state index is -0.995. The molecule has 2 N–H and O–H groups in total. The van der Waals surface area contributed by atoms with E-state index in [9.17, 15) is 19.5 Å². The second-order valence-corrected chi connectivity index (χ2v) is 11.0. The van der Waals surface area contributed by atoms with Gasteiger partial charge in [0, 0.05) is 18.7 Å². The maximum atomic E-state index is 13.6. The van der Waals surface area contributed by atoms with Crippen molar-refractivity contribution in [2.24, 2.45) is 11.3 Å². The molecule has 2 rings (SSSR count). The van der Waals surface area contributed by atoms with Crippen LogP contribution in [0.2, 0.25) is 0 Å². The number of amides is 2. The van der Waals surface area contributed by atoms with Crippen LogP contribution < -0.4 is 5.32 Å². The summed E-state index contributed by atoms with van der Waals surface area (Å²) in [6.07, 6.45) is 8.15. The molecule has 1 saturated carbocycles. The van der Waals surface area contributed by atoms with Crippen molar-refractivity contribution >= 4 is 17.8 Å². The standard InChI is InChI=1S/C25H43N3O4/c1-16(2)20(15-17(3)24(31)32)27(7)23(30)21(25(4,5)6)26-22(29)19-13-8-9-14-28(19)18-11-10-12-18/h15-16,18-21H,8-14H2,1-7H3,(H,26,29)(H,31,32)/t19?,20-,21-/m1/s1. The number of likely N-dealkylation sites (N-methyl/N-ethyl adjacent to an activating group) is 1. The molecule has 0 bridgehead atoms. The number of aliphatic carboxylic acids is 1. The van der Waals surface area contributed by atoms with Crippen LogP contribution in [0.3, 0.4) is 0 Å². The molecule has 2 fully saturated rings. The van der Waals surface area contributed by atoms with Gasteiger partial charge in [-0.2, -0.15) is 0 Å². The Bertz CT molecular complexity index is 721. The molecule has 1 aliphatic heterocycles. The van der Waals surface area contributed by atoms with Crippen LogP contribution in [0.5, 0.6) is 0 Å². The maximum absolute atomic E-state index is 13.6. The Kier molecular flexibility index (Phi) is 8.91. The van der Waals surface area contributed by atoms with Gasteiger partial charge in [-0.3, -0.25) is 14.5 Å². The van der Waals surface area contributed by atoms with Gasteiger partial charge in [-0.05, 0) is 50.5 Å². The lowest BCUT2D eigenvalue weighted by Gasteiger charge is -2.45. The topological polar surface area (TPSA) is 90.0 Å². The molecule has 1 heterocycles. The highest BCUT2D eigenvalue weighted by molar-refractivity contribution is 5.91. The van der Waals surface area contributed by atoms with E-state index in [1.54, 1.807) is 18.0 Å². The molecule has 32 heavy (non-hydrogen) atoms. The second-order valence-electron chi connectivity index (χ2n) is 11.0. The van der Waals surface area contributed by atoms with Crippen molar-refractivity contribution in [3.63, 3.8) is 0 Å². The van der Waals surface area contributed by atoms with Crippen molar-refractivity contribution in [2.45, 2.75) is 104 Å². The van der Waals surface area contributed by atoms with Gasteiger partial charge < -0.3 is 15.3 Å². The van der Waals surface area contributed by atoms with E-state index in [-0.39, 0.29) is 35.4 Å². The molecule has 0 radical (unpaired) electrons. The van der Waals surface area contributed by atoms with Crippen molar-refractivity contribution in [3.8, 4) is 0 Å². The Morgan fingerprint density at radius 1 is 1.09 bits per heavy atom. The Morgan fingerprint density at radius 3 is 2.19 bits per heavy atom. The van der Waals surface area contributed by atoms with Crippen LogP contribution in [-0.4, -0.2) is 70.4 Å². The first kappa shape index (κ1) is 26.4. The zero-order chi connectivity index (χ0) is 24.2. The molecule has 3 atom stereocenters. The molecule has 1 unspecified atom stereocenters. The molecule has 2 aliphatic rings. The highest BCUT2D eigenvalue weighted by atomic mass is 16.4. The van der Waals surface area contributed by atoms with Crippen LogP contribution in [0.4, 0.5) is 0 Å². The van der Waals surface area contributed by atoms with Crippen LogP contribution in [0.25, 0.3) is 0 Å². The average Bonchev–Trinajstić information content (AvgIpc) is 2.66. The molecule has 2 amide bonds. The number of rotatable bonds is 8. The van der Waals surface area contributed by atoms with Gasteiger partial charge in [0.1, 0.15) is 6.04 Å². The van der Waals surface area contributed by atoms with Crippen LogP contribution >= 0.6 is 0 Å². The van der Waals surface area contributed by atoms with Crippen LogP contribution in [0.1, 0.15) is 80.1 Å². The van der Waals surface area contributed by atoms with Gasteiger partial charge in [0.05, 0.1) is 12.1 Å². The van der Waals surface area contributed by atoms with Gasteiger partial charge in [0.25, 0.3) is 0 Å². The number of likely N-dealkylation sites (tertiary alicyclic amines) is 1. The summed E-state index contributed by atoms with van der Waals surface area (Å²) in [5.74, 6) is -1.21. The van der Waals surface area contributed by atoms with E-state index >= 15 is 0 Å². The molecule has 7 heteroatoms. The zero-order valence-electron chi connectivity index (χ0n) is 21.0. The van der Waals surface area contributed by atoms with Gasteiger partial charge >= 0.3 is 5.97 Å². The number of piperidine rings is 1. The zero-order valence-corrected chi connectivity index (χ0v) is 21.0. The third kappa shape index (κ3) is 6.33. The molecule has 0 aromatic heterocycles. The van der Waals surface area contributed by atoms with E-state index in [0.717, 1.165) is 38.6 Å². The summed E-state index contributed by atoms with van der Waals surface area (Å²) >= 11 is 0. The Morgan fingerprint density at radius 2 is 1.72 bits per heavy atom. The number of carboxylic acids is 1. The number of hydrogen-bond acceptors (Lipinski definition) is 4. The summed E-state index contributed by atoms with van der Waals surface area (Å²) in [6, 6.07) is -0.745. The normalized spacial score (nSPS) is 22.8. The van der Waals surface area contributed by atoms with E-state index in [2.05, 4.69) is 10.2 Å². The molecule has 0 spiro atoms. The molecular weight excluding hydrogens is 406 g/mol. The molecule has 182 valence electrons. The molecular formula is C25H43N3O4. The molecule has 7 nitrogen and oxygen atoms in total. The van der Waals surface area contributed by atoms with Crippen molar-refractivity contribution in [2.75, 3.05) is 13.6 Å². The maximum Gasteiger partial charge on any atom is 0.331 e. The second kappa shape index (κ2) is 10.8. The average molecular weight is 450 g/mol. The summed E-state index contributed by atoms with van der Waals surface area (Å²) in [7, 11) is 1.70. The molecule has 1 aliphatic carbocycles. The number of carbonyl (C=O) groups excluding carboxylic acids is 2. The number of hydrogen-bond donors (Lipinski definition) is 2. The van der Waals surface area contributed by atoms with Crippen molar-refractivity contribution in [1.29, 1.82) is 0 Å². The third-order valence-corrected chi connectivity index (χ3v) is 7.03. The molecule has 0 aromatic carbocycles. The Labute approximate surface area is 193 Å². The number of nitrogens with one attached hydrogen (secondary N) is 1. The highest BCUT2D eigenvalue weighted by Crippen LogP contribution is 2.31. The number of carboxylic acid groups (broad SMARTS) is 1. The summed E-state index contributed by atoms with van der Waals surface area (Å²) < 4.78 is 0. The predicted octanol–water partition coefficient (Wildman–Crippen LogP) is 3.44. The van der Waals surface area contributed by atoms with E-state index in [1.807, 2.05) is 34.6 Å². The van der Waals surface area contributed by atoms with Gasteiger partial charge in [0.15, 0.2) is 0 Å². The lowest BCUT2D eigenvalue weighted by molar-refractivity contribution is -0.142. The van der Waals surface area contributed by atoms with Gasteiger partial charge in [0.2, 0.25) is 11.8 Å². The fourth-order valence-corrected chi connectivity index (χ4v) is 4.71. The first-order valence-electron chi connectivity index (χ1n) is 12.1. The van der Waals surface area contributed by atoms with Crippen LogP contribution in [0.15, 0.2) is 11.6 Å². The lowest BCUT2D eigenvalue weighted by Crippen LogP contribution is -2.61. The lowest BCUT2D eigenvalue weighted by atomic mass is 9.84. The van der Waals surface area contributed by atoms with Crippen molar-refractivity contribution in [3.05, 3.63) is 11.6 Å². The Hall–Kier alpha value is -1.89. The summed E-state index contributed by atoms with van der Waals surface area (Å²) in [6.45, 7) is 12.3. The first-order chi connectivity index (χ1) is 14.8. The summed E-state index contributed by atoms with van der Waals surface area (Å²) in [5, 5.41) is 12.4. The van der Waals surface area contributed by atoms with Crippen molar-refractivity contribution in [1.82, 2.24) is 15.1 Å². The van der Waals surface area contributed by atoms with E-state index in [1.165, 1.54) is 13.3 Å². The van der Waals surface area contributed by atoms with Crippen LogP contribution in [-0.2, 0) is 14.4 Å². The SMILES string of the molecule is CC(=C[C@H](C(C)C)N(C)C(=O)[C@@H](NC(=O)C1CCCCN1C1CCC1)C(C)(C)C)C(=O)O. The number of nitrogens with zero attached hydrogens (tertiary/aromatic N) is 2. The predicted molar refractivity (Wildman–Crippen MR) is 126 cm³/mol. The van der Waals surface area contributed by atoms with E-state index in [0.29, 0.717) is 6.04 Å². The number of carbonyl (C=O) groups is 3. The highest BCUT2D eigenvalue weighted by Gasteiger charge is 2.41. The fourth-order valence-electron chi connectivity index (χ4n) is 4.71.